The third kappa shape index (κ3) is 8.12. The average molecular weight is 533 g/mol. The first kappa shape index (κ1) is 30.8. The van der Waals surface area contributed by atoms with Gasteiger partial charge in [0, 0.05) is 18.8 Å². The van der Waals surface area contributed by atoms with Gasteiger partial charge in [-0.25, -0.2) is 0 Å². The average Bonchev–Trinajstić information content (AvgIpc) is 2.91. The summed E-state index contributed by atoms with van der Waals surface area (Å²) in [5.74, 6) is 0.172. The van der Waals surface area contributed by atoms with Gasteiger partial charge in [0.1, 0.15) is 6.10 Å². The standard InChI is InChI=1S/C31H48O7/c1-8-10-14-17-34-30-23(6)22(5)28(27(37-30)19-33-18-25-15-12-11-13-16-25)38-31-29(35-24(7)32)21(4)20(3)26(9-2)36-31/h8,11-13,15-16,20-23,26-31H,1,9-10,14,17-19H2,2-7H3/t20-,21-,22+,23?,26?,27?,28-,29?,30+,31+/m0/s1. The van der Waals surface area contributed by atoms with Crippen molar-refractivity contribution in [1.29, 1.82) is 0 Å². The van der Waals surface area contributed by atoms with Gasteiger partial charge in [-0.15, -0.1) is 6.58 Å². The highest BCUT2D eigenvalue weighted by Gasteiger charge is 2.49. The molecule has 1 aromatic carbocycles. The molecule has 2 fully saturated rings. The van der Waals surface area contributed by atoms with Gasteiger partial charge >= 0.3 is 5.97 Å². The lowest BCUT2D eigenvalue weighted by Gasteiger charge is -2.49. The second-order valence-electron chi connectivity index (χ2n) is 10.9. The summed E-state index contributed by atoms with van der Waals surface area (Å²) < 4.78 is 37.7. The number of benzene rings is 1. The largest absolute Gasteiger partial charge is 0.457 e. The quantitative estimate of drug-likeness (QED) is 0.178. The monoisotopic (exact) mass is 532 g/mol. The van der Waals surface area contributed by atoms with Crippen molar-refractivity contribution >= 4 is 5.97 Å². The molecule has 0 amide bonds. The van der Waals surface area contributed by atoms with Crippen molar-refractivity contribution in [2.75, 3.05) is 13.2 Å². The van der Waals surface area contributed by atoms with E-state index in [0.29, 0.717) is 19.8 Å². The van der Waals surface area contributed by atoms with Gasteiger partial charge < -0.3 is 28.4 Å². The summed E-state index contributed by atoms with van der Waals surface area (Å²) in [6, 6.07) is 10.1. The van der Waals surface area contributed by atoms with E-state index >= 15 is 0 Å². The van der Waals surface area contributed by atoms with Gasteiger partial charge in [-0.2, -0.15) is 0 Å². The molecule has 10 atom stereocenters. The summed E-state index contributed by atoms with van der Waals surface area (Å²) in [5.41, 5.74) is 1.10. The van der Waals surface area contributed by atoms with Crippen LogP contribution in [0.25, 0.3) is 0 Å². The summed E-state index contributed by atoms with van der Waals surface area (Å²) in [6.45, 7) is 17.3. The third-order valence-electron chi connectivity index (χ3n) is 8.19. The molecule has 0 radical (unpaired) electrons. The van der Waals surface area contributed by atoms with Gasteiger partial charge in [0.2, 0.25) is 0 Å². The molecule has 2 heterocycles. The fraction of sp³-hybridized carbons (Fsp3) is 0.710. The molecule has 0 aliphatic carbocycles. The van der Waals surface area contributed by atoms with Gasteiger partial charge in [0.05, 0.1) is 32.0 Å². The van der Waals surface area contributed by atoms with Crippen LogP contribution in [0.3, 0.4) is 0 Å². The molecular formula is C31H48O7. The molecule has 214 valence electrons. The van der Waals surface area contributed by atoms with Crippen LogP contribution in [0, 0.1) is 23.7 Å². The summed E-state index contributed by atoms with van der Waals surface area (Å²) >= 11 is 0. The molecule has 0 spiro atoms. The predicted molar refractivity (Wildman–Crippen MR) is 146 cm³/mol. The lowest BCUT2D eigenvalue weighted by Crippen LogP contribution is -2.58. The van der Waals surface area contributed by atoms with Crippen LogP contribution >= 0.6 is 0 Å². The number of esters is 1. The van der Waals surface area contributed by atoms with E-state index in [1.807, 2.05) is 36.4 Å². The van der Waals surface area contributed by atoms with E-state index in [-0.39, 0.29) is 54.2 Å². The Morgan fingerprint density at radius 3 is 2.29 bits per heavy atom. The van der Waals surface area contributed by atoms with Crippen LogP contribution in [0.5, 0.6) is 0 Å². The van der Waals surface area contributed by atoms with Crippen molar-refractivity contribution in [3.05, 3.63) is 48.6 Å². The van der Waals surface area contributed by atoms with Crippen molar-refractivity contribution in [2.45, 2.75) is 104 Å². The van der Waals surface area contributed by atoms with Crippen molar-refractivity contribution in [3.63, 3.8) is 0 Å². The molecule has 1 aromatic rings. The molecule has 2 saturated heterocycles. The number of carbonyl (C=O) groups is 1. The van der Waals surface area contributed by atoms with Gasteiger partial charge in [0.15, 0.2) is 18.7 Å². The minimum Gasteiger partial charge on any atom is -0.457 e. The van der Waals surface area contributed by atoms with Crippen LogP contribution in [-0.2, 0) is 39.8 Å². The number of unbranched alkanes of at least 4 members (excludes halogenated alkanes) is 1. The Morgan fingerprint density at radius 1 is 0.947 bits per heavy atom. The molecule has 3 rings (SSSR count). The van der Waals surface area contributed by atoms with Gasteiger partial charge in [-0.05, 0) is 36.7 Å². The molecule has 2 aliphatic heterocycles. The maximum atomic E-state index is 12.0. The van der Waals surface area contributed by atoms with Crippen molar-refractivity contribution < 1.29 is 33.2 Å². The topological polar surface area (TPSA) is 72.5 Å². The minimum absolute atomic E-state index is 0.0211. The number of ether oxygens (including phenoxy) is 6. The zero-order valence-electron chi connectivity index (χ0n) is 24.0. The molecule has 2 aliphatic rings. The van der Waals surface area contributed by atoms with Crippen molar-refractivity contribution in [2.24, 2.45) is 23.7 Å². The number of rotatable bonds is 13. The van der Waals surface area contributed by atoms with Crippen LogP contribution in [0.1, 0.15) is 66.4 Å². The van der Waals surface area contributed by atoms with Gasteiger partial charge in [-0.1, -0.05) is 71.0 Å². The zero-order valence-corrected chi connectivity index (χ0v) is 24.0. The first-order chi connectivity index (χ1) is 18.3. The lowest BCUT2D eigenvalue weighted by atomic mass is 9.81. The molecule has 38 heavy (non-hydrogen) atoms. The summed E-state index contributed by atoms with van der Waals surface area (Å²) in [6.07, 6.45) is 2.34. The van der Waals surface area contributed by atoms with Crippen LogP contribution in [0.4, 0.5) is 0 Å². The van der Waals surface area contributed by atoms with Crippen LogP contribution in [0.15, 0.2) is 43.0 Å². The Kier molecular flexibility index (Phi) is 12.3. The van der Waals surface area contributed by atoms with E-state index < -0.39 is 12.4 Å². The molecular weight excluding hydrogens is 484 g/mol. The SMILES string of the molecule is C=CCCCO[C@@H]1OC(COCc2ccccc2)[C@@H](O[C@H]2OC(CC)[C@@H](C)[C@H](C)C2OC(C)=O)[C@H](C)C1C. The van der Waals surface area contributed by atoms with Crippen LogP contribution in [-0.4, -0.2) is 56.2 Å². The summed E-state index contributed by atoms with van der Waals surface area (Å²) in [5, 5.41) is 0. The highest BCUT2D eigenvalue weighted by atomic mass is 16.7. The highest BCUT2D eigenvalue weighted by Crippen LogP contribution is 2.39. The van der Waals surface area contributed by atoms with Crippen LogP contribution < -0.4 is 0 Å². The first-order valence-corrected chi connectivity index (χ1v) is 14.2. The van der Waals surface area contributed by atoms with E-state index in [0.717, 1.165) is 24.8 Å². The summed E-state index contributed by atoms with van der Waals surface area (Å²) in [4.78, 5) is 12.0. The molecule has 0 aromatic heterocycles. The van der Waals surface area contributed by atoms with Crippen molar-refractivity contribution in [1.82, 2.24) is 0 Å². The van der Waals surface area contributed by atoms with E-state index in [1.54, 1.807) is 0 Å². The lowest BCUT2D eigenvalue weighted by molar-refractivity contribution is -0.336. The second kappa shape index (κ2) is 15.1. The Labute approximate surface area is 229 Å². The smallest absolute Gasteiger partial charge is 0.303 e. The molecule has 7 heteroatoms. The molecule has 7 nitrogen and oxygen atoms in total. The van der Waals surface area contributed by atoms with Crippen molar-refractivity contribution in [3.8, 4) is 0 Å². The zero-order chi connectivity index (χ0) is 27.7. The fourth-order valence-corrected chi connectivity index (χ4v) is 5.44. The summed E-state index contributed by atoms with van der Waals surface area (Å²) in [7, 11) is 0. The third-order valence-corrected chi connectivity index (χ3v) is 8.19. The van der Waals surface area contributed by atoms with Gasteiger partial charge in [-0.3, -0.25) is 4.79 Å². The number of hydrogen-bond acceptors (Lipinski definition) is 7. The van der Waals surface area contributed by atoms with E-state index in [2.05, 4.69) is 41.2 Å². The van der Waals surface area contributed by atoms with Crippen LogP contribution in [0.2, 0.25) is 0 Å². The Balaban J connectivity index is 1.77. The molecule has 0 bridgehead atoms. The Hall–Kier alpha value is -1.77. The molecule has 0 saturated carbocycles. The number of hydrogen-bond donors (Lipinski definition) is 0. The second-order valence-corrected chi connectivity index (χ2v) is 10.9. The maximum Gasteiger partial charge on any atom is 0.303 e. The number of carbonyl (C=O) groups excluding carboxylic acids is 1. The minimum atomic E-state index is -0.681. The highest BCUT2D eigenvalue weighted by molar-refractivity contribution is 5.66. The van der Waals surface area contributed by atoms with Gasteiger partial charge in [0.25, 0.3) is 0 Å². The van der Waals surface area contributed by atoms with E-state index in [1.165, 1.54) is 6.92 Å². The Bertz CT molecular complexity index is 846. The molecule has 0 N–H and O–H groups in total. The van der Waals surface area contributed by atoms with E-state index in [9.17, 15) is 4.79 Å². The normalized spacial score (nSPS) is 35.5. The predicted octanol–water partition coefficient (Wildman–Crippen LogP) is 5.91. The fourth-order valence-electron chi connectivity index (χ4n) is 5.44. The Morgan fingerprint density at radius 2 is 1.63 bits per heavy atom. The molecule has 4 unspecified atom stereocenters. The number of allylic oxidation sites excluding steroid dienone is 1. The first-order valence-electron chi connectivity index (χ1n) is 14.2. The maximum absolute atomic E-state index is 12.0. The van der Waals surface area contributed by atoms with E-state index in [4.69, 9.17) is 28.4 Å².